The third-order valence-electron chi connectivity index (χ3n) is 1.17. The van der Waals surface area contributed by atoms with Gasteiger partial charge in [-0.2, -0.15) is 0 Å². The average Bonchev–Trinajstić information content (AvgIpc) is 2.61. The summed E-state index contributed by atoms with van der Waals surface area (Å²) in [4.78, 5) is 0. The van der Waals surface area contributed by atoms with Crippen LogP contribution in [0.1, 0.15) is 5.69 Å². The van der Waals surface area contributed by atoms with Gasteiger partial charge in [0.2, 0.25) is 0 Å². The van der Waals surface area contributed by atoms with Crippen LogP contribution in [0.25, 0.3) is 0 Å². The first-order valence-corrected chi connectivity index (χ1v) is 4.41. The Morgan fingerprint density at radius 3 is 3.00 bits per heavy atom. The van der Waals surface area contributed by atoms with Gasteiger partial charge in [0.1, 0.15) is 0 Å². The number of amidine groups is 1. The van der Waals surface area contributed by atoms with Gasteiger partial charge in [-0.1, -0.05) is 16.9 Å². The van der Waals surface area contributed by atoms with Crippen molar-refractivity contribution in [2.24, 2.45) is 16.6 Å². The monoisotopic (exact) mass is 203 g/mol. The van der Waals surface area contributed by atoms with Gasteiger partial charge in [-0.3, -0.25) is 0 Å². The first-order chi connectivity index (χ1) is 6.29. The number of oxime groups is 1. The van der Waals surface area contributed by atoms with Crippen molar-refractivity contribution in [2.45, 2.75) is 5.03 Å². The minimum absolute atomic E-state index is 0.124. The lowest BCUT2D eigenvalue weighted by atomic mass is 10.4. The zero-order chi connectivity index (χ0) is 9.68. The molecular formula is C5H9N5O2S. The lowest BCUT2D eigenvalue weighted by Crippen LogP contribution is -2.14. The molecule has 0 aliphatic carbocycles. The van der Waals surface area contributed by atoms with Crippen molar-refractivity contribution in [2.75, 3.05) is 12.3 Å². The van der Waals surface area contributed by atoms with E-state index < -0.39 is 0 Å². The average molecular weight is 203 g/mol. The Kier molecular flexibility index (Phi) is 3.53. The minimum atomic E-state index is -0.124. The van der Waals surface area contributed by atoms with Gasteiger partial charge in [0.05, 0.1) is 0 Å². The SMILES string of the molecule is NCCSc1nonc1/C(N)=N\O. The van der Waals surface area contributed by atoms with Crippen LogP contribution in [0.3, 0.4) is 0 Å². The van der Waals surface area contributed by atoms with Gasteiger partial charge >= 0.3 is 0 Å². The van der Waals surface area contributed by atoms with Gasteiger partial charge in [-0.15, -0.1) is 0 Å². The van der Waals surface area contributed by atoms with Crippen LogP contribution in [0, 0.1) is 0 Å². The molecule has 8 heteroatoms. The number of rotatable bonds is 4. The van der Waals surface area contributed by atoms with E-state index >= 15 is 0 Å². The topological polar surface area (TPSA) is 124 Å². The normalized spacial score (nSPS) is 11.9. The molecule has 13 heavy (non-hydrogen) atoms. The van der Waals surface area contributed by atoms with Crippen molar-refractivity contribution in [3.8, 4) is 0 Å². The summed E-state index contributed by atoms with van der Waals surface area (Å²) in [6.07, 6.45) is 0. The number of hydrogen-bond acceptors (Lipinski definition) is 7. The number of nitrogens with zero attached hydrogens (tertiary/aromatic N) is 3. The highest BCUT2D eigenvalue weighted by Gasteiger charge is 2.14. The smallest absolute Gasteiger partial charge is 0.195 e. The Balaban J connectivity index is 2.77. The van der Waals surface area contributed by atoms with E-state index in [1.165, 1.54) is 11.8 Å². The molecule has 0 unspecified atom stereocenters. The molecular weight excluding hydrogens is 194 g/mol. The summed E-state index contributed by atoms with van der Waals surface area (Å²) in [6.45, 7) is 0.507. The van der Waals surface area contributed by atoms with E-state index in [4.69, 9.17) is 16.7 Å². The Morgan fingerprint density at radius 1 is 1.62 bits per heavy atom. The molecule has 1 heterocycles. The molecule has 0 radical (unpaired) electrons. The van der Waals surface area contributed by atoms with Crippen molar-refractivity contribution in [3.63, 3.8) is 0 Å². The summed E-state index contributed by atoms with van der Waals surface area (Å²) < 4.78 is 4.43. The van der Waals surface area contributed by atoms with Crippen LogP contribution in [0.4, 0.5) is 0 Å². The van der Waals surface area contributed by atoms with E-state index in [-0.39, 0.29) is 11.5 Å². The van der Waals surface area contributed by atoms with Gasteiger partial charge in [-0.25, -0.2) is 4.63 Å². The zero-order valence-electron chi connectivity index (χ0n) is 6.67. The summed E-state index contributed by atoms with van der Waals surface area (Å²) in [5.41, 5.74) is 10.8. The van der Waals surface area contributed by atoms with E-state index in [2.05, 4.69) is 20.1 Å². The quantitative estimate of drug-likeness (QED) is 0.193. The van der Waals surface area contributed by atoms with Crippen molar-refractivity contribution in [3.05, 3.63) is 5.69 Å². The maximum atomic E-state index is 8.38. The Bertz CT molecular complexity index is 299. The summed E-state index contributed by atoms with van der Waals surface area (Å²) in [7, 11) is 0. The summed E-state index contributed by atoms with van der Waals surface area (Å²) in [5.74, 6) is 0.542. The van der Waals surface area contributed by atoms with Crippen LogP contribution < -0.4 is 11.5 Å². The molecule has 72 valence electrons. The fraction of sp³-hybridized carbons (Fsp3) is 0.400. The molecule has 0 aliphatic heterocycles. The van der Waals surface area contributed by atoms with Gasteiger partial charge in [0, 0.05) is 12.3 Å². The highest BCUT2D eigenvalue weighted by molar-refractivity contribution is 7.99. The van der Waals surface area contributed by atoms with Gasteiger partial charge < -0.3 is 16.7 Å². The van der Waals surface area contributed by atoms with Crippen molar-refractivity contribution in [1.82, 2.24) is 10.3 Å². The van der Waals surface area contributed by atoms with Crippen LogP contribution in [0.2, 0.25) is 0 Å². The van der Waals surface area contributed by atoms with E-state index in [1.807, 2.05) is 0 Å². The second kappa shape index (κ2) is 4.67. The highest BCUT2D eigenvalue weighted by atomic mass is 32.2. The van der Waals surface area contributed by atoms with Crippen molar-refractivity contribution < 1.29 is 9.84 Å². The molecule has 0 amide bonds. The molecule has 0 aliphatic rings. The van der Waals surface area contributed by atoms with Gasteiger partial charge in [-0.05, 0) is 10.3 Å². The first-order valence-electron chi connectivity index (χ1n) is 3.43. The van der Waals surface area contributed by atoms with Crippen LogP contribution in [0.15, 0.2) is 14.8 Å². The highest BCUT2D eigenvalue weighted by Crippen LogP contribution is 2.17. The second-order valence-corrected chi connectivity index (χ2v) is 3.12. The molecule has 1 aromatic rings. The van der Waals surface area contributed by atoms with Crippen LogP contribution in [0.5, 0.6) is 0 Å². The van der Waals surface area contributed by atoms with Gasteiger partial charge in [0.25, 0.3) is 0 Å². The van der Waals surface area contributed by atoms with Crippen LogP contribution >= 0.6 is 11.8 Å². The number of hydrogen-bond donors (Lipinski definition) is 3. The van der Waals surface area contributed by atoms with E-state index in [1.54, 1.807) is 0 Å². The summed E-state index contributed by atoms with van der Waals surface area (Å²) in [6, 6.07) is 0. The molecule has 7 nitrogen and oxygen atoms in total. The largest absolute Gasteiger partial charge is 0.409 e. The fourth-order valence-corrected chi connectivity index (χ4v) is 1.31. The predicted molar refractivity (Wildman–Crippen MR) is 46.6 cm³/mol. The Morgan fingerprint density at radius 2 is 2.38 bits per heavy atom. The summed E-state index contributed by atoms with van der Waals surface area (Å²) >= 11 is 1.33. The Hall–Kier alpha value is -1.28. The molecule has 0 fully saturated rings. The summed E-state index contributed by atoms with van der Waals surface area (Å²) in [5, 5.41) is 18.7. The predicted octanol–water partition coefficient (Wildman–Crippen LogP) is -0.785. The third-order valence-corrected chi connectivity index (χ3v) is 2.15. The van der Waals surface area contributed by atoms with Crippen LogP contribution in [-0.4, -0.2) is 33.7 Å². The maximum absolute atomic E-state index is 8.38. The lowest BCUT2D eigenvalue weighted by molar-refractivity contribution is 0.296. The van der Waals surface area contributed by atoms with E-state index in [0.717, 1.165) is 0 Å². The first kappa shape index (κ1) is 9.81. The number of thioether (sulfide) groups is 1. The van der Waals surface area contributed by atoms with Crippen LogP contribution in [-0.2, 0) is 0 Å². The molecule has 0 atom stereocenters. The van der Waals surface area contributed by atoms with E-state index in [0.29, 0.717) is 17.3 Å². The molecule has 1 rings (SSSR count). The zero-order valence-corrected chi connectivity index (χ0v) is 7.49. The lowest BCUT2D eigenvalue weighted by Gasteiger charge is -1.94. The van der Waals surface area contributed by atoms with E-state index in [9.17, 15) is 0 Å². The van der Waals surface area contributed by atoms with Gasteiger partial charge in [0.15, 0.2) is 16.6 Å². The molecule has 0 saturated heterocycles. The molecule has 0 saturated carbocycles. The Labute approximate surface area is 78.1 Å². The number of aromatic nitrogens is 2. The molecule has 0 aromatic carbocycles. The molecule has 5 N–H and O–H groups in total. The molecule has 0 bridgehead atoms. The maximum Gasteiger partial charge on any atom is 0.195 e. The third kappa shape index (κ3) is 2.33. The molecule has 0 spiro atoms. The standard InChI is InChI=1S/C5H9N5O2S/c6-1-2-13-5-3(4(7)8-11)9-12-10-5/h11H,1-2,6H2,(H2,7,8). The number of nitrogens with two attached hydrogens (primary N) is 2. The molecule has 1 aromatic heterocycles. The second-order valence-electron chi connectivity index (χ2n) is 2.04. The minimum Gasteiger partial charge on any atom is -0.409 e. The van der Waals surface area contributed by atoms with Crippen molar-refractivity contribution in [1.29, 1.82) is 0 Å². The fourth-order valence-electron chi connectivity index (χ4n) is 0.635. The van der Waals surface area contributed by atoms with Crippen molar-refractivity contribution >= 4 is 17.6 Å².